The predicted molar refractivity (Wildman–Crippen MR) is 82.3 cm³/mol. The van der Waals surface area contributed by atoms with E-state index in [2.05, 4.69) is 30.7 Å². The van der Waals surface area contributed by atoms with Gasteiger partial charge in [-0.1, -0.05) is 13.3 Å². The third-order valence-corrected chi connectivity index (χ3v) is 5.83. The maximum absolute atomic E-state index is 6.23. The summed E-state index contributed by atoms with van der Waals surface area (Å²) in [5.74, 6) is 0.948. The number of rotatable bonds is 3. The smallest absolute Gasteiger partial charge is 0.0358 e. The van der Waals surface area contributed by atoms with Gasteiger partial charge in [0.15, 0.2) is 0 Å². The molecule has 0 spiro atoms. The number of hydrogen-bond donors (Lipinski definition) is 1. The minimum absolute atomic E-state index is 0.286. The molecule has 19 heavy (non-hydrogen) atoms. The molecule has 2 aliphatic heterocycles. The van der Waals surface area contributed by atoms with Crippen molar-refractivity contribution in [2.24, 2.45) is 11.7 Å². The van der Waals surface area contributed by atoms with Crippen LogP contribution in [0.25, 0.3) is 0 Å². The highest BCUT2D eigenvalue weighted by Gasteiger charge is 2.41. The van der Waals surface area contributed by atoms with Crippen LogP contribution in [0, 0.1) is 5.92 Å². The minimum atomic E-state index is 0.286. The second kappa shape index (κ2) is 6.55. The van der Waals surface area contributed by atoms with E-state index in [1.54, 1.807) is 0 Å². The van der Waals surface area contributed by atoms with Crippen LogP contribution in [0.2, 0.25) is 0 Å². The van der Waals surface area contributed by atoms with Crippen molar-refractivity contribution in [3.8, 4) is 0 Å². The van der Waals surface area contributed by atoms with Crippen molar-refractivity contribution in [3.63, 3.8) is 0 Å². The number of hydrogen-bond acceptors (Lipinski definition) is 3. The Morgan fingerprint density at radius 3 is 2.63 bits per heavy atom. The van der Waals surface area contributed by atoms with Crippen LogP contribution in [-0.4, -0.2) is 54.6 Å². The maximum atomic E-state index is 6.23. The molecular weight excluding hydrogens is 234 g/mol. The lowest BCUT2D eigenvalue weighted by Crippen LogP contribution is -2.61. The normalized spacial score (nSPS) is 39.2. The molecule has 3 nitrogen and oxygen atoms in total. The fourth-order valence-corrected chi connectivity index (χ4v) is 4.06. The number of nitrogens with two attached hydrogens (primary N) is 1. The van der Waals surface area contributed by atoms with E-state index in [9.17, 15) is 0 Å². The third kappa shape index (κ3) is 3.32. The monoisotopic (exact) mass is 267 g/mol. The molecule has 112 valence electrons. The molecule has 0 saturated carbocycles. The molecule has 3 unspecified atom stereocenters. The first kappa shape index (κ1) is 15.3. The van der Waals surface area contributed by atoms with E-state index in [1.807, 2.05) is 0 Å². The van der Waals surface area contributed by atoms with Gasteiger partial charge in [0.05, 0.1) is 0 Å². The SMILES string of the molecule is CCC1CCCN(C2(CN)CCN(C)C(C)C2)CC1. The zero-order valence-electron chi connectivity index (χ0n) is 13.2. The summed E-state index contributed by atoms with van der Waals surface area (Å²) in [5, 5.41) is 0. The summed E-state index contributed by atoms with van der Waals surface area (Å²) in [5.41, 5.74) is 6.52. The predicted octanol–water partition coefficient (Wildman–Crippen LogP) is 2.31. The Hall–Kier alpha value is -0.120. The van der Waals surface area contributed by atoms with Crippen LogP contribution in [0.4, 0.5) is 0 Å². The Kier molecular flexibility index (Phi) is 5.27. The molecule has 2 rings (SSSR count). The van der Waals surface area contributed by atoms with Crippen LogP contribution in [0.1, 0.15) is 52.4 Å². The first-order chi connectivity index (χ1) is 9.11. The van der Waals surface area contributed by atoms with Gasteiger partial charge in [-0.2, -0.15) is 0 Å². The van der Waals surface area contributed by atoms with Crippen LogP contribution >= 0.6 is 0 Å². The summed E-state index contributed by atoms with van der Waals surface area (Å²) < 4.78 is 0. The van der Waals surface area contributed by atoms with Gasteiger partial charge in [-0.3, -0.25) is 4.90 Å². The van der Waals surface area contributed by atoms with Gasteiger partial charge in [0.25, 0.3) is 0 Å². The molecule has 2 N–H and O–H groups in total. The van der Waals surface area contributed by atoms with Gasteiger partial charge in [0.1, 0.15) is 0 Å². The fraction of sp³-hybridized carbons (Fsp3) is 1.00. The van der Waals surface area contributed by atoms with Gasteiger partial charge in [-0.15, -0.1) is 0 Å². The molecule has 2 aliphatic rings. The molecule has 3 atom stereocenters. The van der Waals surface area contributed by atoms with Crippen molar-refractivity contribution in [3.05, 3.63) is 0 Å². The van der Waals surface area contributed by atoms with Crippen LogP contribution in [0.15, 0.2) is 0 Å². The lowest BCUT2D eigenvalue weighted by Gasteiger charge is -2.50. The second-order valence-electron chi connectivity index (χ2n) is 6.90. The zero-order valence-corrected chi connectivity index (χ0v) is 13.2. The quantitative estimate of drug-likeness (QED) is 0.852. The van der Waals surface area contributed by atoms with Gasteiger partial charge < -0.3 is 10.6 Å². The van der Waals surface area contributed by atoms with E-state index >= 15 is 0 Å². The Morgan fingerprint density at radius 1 is 1.21 bits per heavy atom. The fourth-order valence-electron chi connectivity index (χ4n) is 4.06. The average molecular weight is 267 g/mol. The van der Waals surface area contributed by atoms with Crippen LogP contribution in [0.3, 0.4) is 0 Å². The summed E-state index contributed by atoms with van der Waals surface area (Å²) in [6.45, 7) is 9.28. The Balaban J connectivity index is 2.04. The highest BCUT2D eigenvalue weighted by atomic mass is 15.2. The molecule has 2 fully saturated rings. The van der Waals surface area contributed by atoms with Crippen LogP contribution in [0.5, 0.6) is 0 Å². The van der Waals surface area contributed by atoms with Gasteiger partial charge in [0.2, 0.25) is 0 Å². The number of nitrogens with zero attached hydrogens (tertiary/aromatic N) is 2. The molecule has 0 aliphatic carbocycles. The van der Waals surface area contributed by atoms with E-state index in [1.165, 1.54) is 58.2 Å². The van der Waals surface area contributed by atoms with E-state index in [4.69, 9.17) is 5.73 Å². The molecule has 0 aromatic carbocycles. The molecule has 3 heteroatoms. The summed E-state index contributed by atoms with van der Waals surface area (Å²) in [6, 6.07) is 0.669. The van der Waals surface area contributed by atoms with Crippen molar-refractivity contribution in [1.29, 1.82) is 0 Å². The van der Waals surface area contributed by atoms with Crippen molar-refractivity contribution in [2.45, 2.75) is 64.0 Å². The maximum Gasteiger partial charge on any atom is 0.0358 e. The third-order valence-electron chi connectivity index (χ3n) is 5.83. The molecule has 0 radical (unpaired) electrons. The Bertz CT molecular complexity index is 281. The van der Waals surface area contributed by atoms with Crippen molar-refractivity contribution in [2.75, 3.05) is 33.2 Å². The topological polar surface area (TPSA) is 32.5 Å². The van der Waals surface area contributed by atoms with E-state index < -0.39 is 0 Å². The molecule has 0 bridgehead atoms. The molecule has 0 aromatic heterocycles. The zero-order chi connectivity index (χ0) is 13.9. The lowest BCUT2D eigenvalue weighted by atomic mass is 9.82. The first-order valence-electron chi connectivity index (χ1n) is 8.26. The van der Waals surface area contributed by atoms with Gasteiger partial charge in [-0.05, 0) is 71.6 Å². The first-order valence-corrected chi connectivity index (χ1v) is 8.26. The lowest BCUT2D eigenvalue weighted by molar-refractivity contribution is 0.0117. The highest BCUT2D eigenvalue weighted by Crippen LogP contribution is 2.34. The highest BCUT2D eigenvalue weighted by molar-refractivity contribution is 4.99. The largest absolute Gasteiger partial charge is 0.329 e. The van der Waals surface area contributed by atoms with Gasteiger partial charge >= 0.3 is 0 Å². The Labute approximate surface area is 119 Å². The molecule has 0 aromatic rings. The van der Waals surface area contributed by atoms with Crippen molar-refractivity contribution >= 4 is 0 Å². The molecule has 0 amide bonds. The van der Waals surface area contributed by atoms with Crippen LogP contribution < -0.4 is 5.73 Å². The van der Waals surface area contributed by atoms with Gasteiger partial charge in [0, 0.05) is 18.1 Å². The van der Waals surface area contributed by atoms with Crippen LogP contribution in [-0.2, 0) is 0 Å². The van der Waals surface area contributed by atoms with E-state index in [0.29, 0.717) is 6.04 Å². The van der Waals surface area contributed by atoms with Crippen molar-refractivity contribution in [1.82, 2.24) is 9.80 Å². The summed E-state index contributed by atoms with van der Waals surface area (Å²) in [6.07, 6.45) is 8.01. The molecular formula is C16H33N3. The number of piperidine rings is 1. The second-order valence-corrected chi connectivity index (χ2v) is 6.90. The van der Waals surface area contributed by atoms with Gasteiger partial charge in [-0.25, -0.2) is 0 Å². The molecule has 2 saturated heterocycles. The Morgan fingerprint density at radius 2 is 2.00 bits per heavy atom. The molecule has 2 heterocycles. The number of likely N-dealkylation sites (tertiary alicyclic amines) is 2. The summed E-state index contributed by atoms with van der Waals surface area (Å²) in [7, 11) is 2.25. The summed E-state index contributed by atoms with van der Waals surface area (Å²) in [4.78, 5) is 5.24. The summed E-state index contributed by atoms with van der Waals surface area (Å²) >= 11 is 0. The van der Waals surface area contributed by atoms with Crippen molar-refractivity contribution < 1.29 is 0 Å². The van der Waals surface area contributed by atoms with E-state index in [0.717, 1.165) is 12.5 Å². The van der Waals surface area contributed by atoms with E-state index in [-0.39, 0.29) is 5.54 Å². The standard InChI is InChI=1S/C16H33N3/c1-4-15-6-5-9-19(10-7-15)16(13-17)8-11-18(3)14(2)12-16/h14-15H,4-13,17H2,1-3H3. The average Bonchev–Trinajstić information content (AvgIpc) is 2.68. The minimum Gasteiger partial charge on any atom is -0.329 e.